The van der Waals surface area contributed by atoms with Gasteiger partial charge in [-0.3, -0.25) is 0 Å². The summed E-state index contributed by atoms with van der Waals surface area (Å²) in [6, 6.07) is 12.3. The fourth-order valence-corrected chi connectivity index (χ4v) is 2.04. The Balaban J connectivity index is 2.11. The van der Waals surface area contributed by atoms with Crippen molar-refractivity contribution in [2.45, 2.75) is 26.2 Å². The van der Waals surface area contributed by atoms with Gasteiger partial charge in [0.05, 0.1) is 0 Å². The van der Waals surface area contributed by atoms with Gasteiger partial charge >= 0.3 is 0 Å². The molecule has 112 valence electrons. The molecule has 0 bridgehead atoms. The molecule has 1 heterocycles. The van der Waals surface area contributed by atoms with Gasteiger partial charge in [0, 0.05) is 25.6 Å². The summed E-state index contributed by atoms with van der Waals surface area (Å²) in [5, 5.41) is 0. The average molecular weight is 285 g/mol. The molecule has 0 unspecified atom stereocenters. The average Bonchev–Trinajstić information content (AvgIpc) is 2.53. The van der Waals surface area contributed by atoms with Crippen LogP contribution < -0.4 is 16.2 Å². The molecule has 5 nitrogen and oxygen atoms in total. The predicted octanol–water partition coefficient (Wildman–Crippen LogP) is 2.56. The van der Waals surface area contributed by atoms with Gasteiger partial charge in [0.2, 0.25) is 0 Å². The van der Waals surface area contributed by atoms with Crippen LogP contribution in [0.5, 0.6) is 0 Å². The fraction of sp³-hybridized carbons (Fsp3) is 0.375. The van der Waals surface area contributed by atoms with Crippen LogP contribution in [0.1, 0.15) is 31.2 Å². The number of rotatable bonds is 6. The standard InChI is InChI=1S/C16H23N5/c1-12(2)16-18-14(20-17)11-15(19-16)21(3)10-9-13-7-5-4-6-8-13/h4-8,11-12H,9-10,17H2,1-3H3,(H,18,19,20). The van der Waals surface area contributed by atoms with Crippen molar-refractivity contribution in [1.82, 2.24) is 9.97 Å². The first kappa shape index (κ1) is 15.3. The minimum atomic E-state index is 0.263. The smallest absolute Gasteiger partial charge is 0.145 e. The van der Waals surface area contributed by atoms with Crippen molar-refractivity contribution in [2.75, 3.05) is 23.9 Å². The summed E-state index contributed by atoms with van der Waals surface area (Å²) in [6.45, 7) is 5.04. The Morgan fingerprint density at radius 1 is 1.19 bits per heavy atom. The number of hydrogen-bond donors (Lipinski definition) is 2. The molecule has 0 aliphatic rings. The van der Waals surface area contributed by atoms with E-state index in [1.165, 1.54) is 5.56 Å². The first-order valence-corrected chi connectivity index (χ1v) is 7.21. The van der Waals surface area contributed by atoms with Crippen molar-refractivity contribution in [3.8, 4) is 0 Å². The third-order valence-electron chi connectivity index (χ3n) is 3.36. The van der Waals surface area contributed by atoms with E-state index < -0.39 is 0 Å². The molecule has 1 aromatic heterocycles. The first-order valence-electron chi connectivity index (χ1n) is 7.21. The van der Waals surface area contributed by atoms with Crippen molar-refractivity contribution in [1.29, 1.82) is 0 Å². The van der Waals surface area contributed by atoms with Crippen LogP contribution in [-0.2, 0) is 6.42 Å². The molecule has 3 N–H and O–H groups in total. The van der Waals surface area contributed by atoms with Crippen molar-refractivity contribution < 1.29 is 0 Å². The number of nitrogen functional groups attached to an aromatic ring is 1. The molecule has 0 saturated carbocycles. The molecule has 0 atom stereocenters. The zero-order valence-corrected chi connectivity index (χ0v) is 12.9. The van der Waals surface area contributed by atoms with Crippen LogP contribution in [0.15, 0.2) is 36.4 Å². The van der Waals surface area contributed by atoms with E-state index in [4.69, 9.17) is 5.84 Å². The molecule has 5 heteroatoms. The maximum atomic E-state index is 5.49. The van der Waals surface area contributed by atoms with Gasteiger partial charge in [-0.2, -0.15) is 0 Å². The van der Waals surface area contributed by atoms with E-state index in [0.29, 0.717) is 5.82 Å². The molecule has 2 aromatic rings. The number of nitrogens with one attached hydrogen (secondary N) is 1. The predicted molar refractivity (Wildman–Crippen MR) is 87.3 cm³/mol. The van der Waals surface area contributed by atoms with E-state index in [2.05, 4.69) is 58.4 Å². The van der Waals surface area contributed by atoms with Gasteiger partial charge in [-0.1, -0.05) is 44.2 Å². The zero-order chi connectivity index (χ0) is 15.2. The molecule has 0 spiro atoms. The van der Waals surface area contributed by atoms with E-state index >= 15 is 0 Å². The van der Waals surface area contributed by atoms with Crippen LogP contribution in [0, 0.1) is 0 Å². The fourth-order valence-electron chi connectivity index (χ4n) is 2.04. The van der Waals surface area contributed by atoms with Gasteiger partial charge < -0.3 is 10.3 Å². The third kappa shape index (κ3) is 4.16. The summed E-state index contributed by atoms with van der Waals surface area (Å²) in [5.74, 6) is 8.09. The normalized spacial score (nSPS) is 10.7. The van der Waals surface area contributed by atoms with Gasteiger partial charge in [-0.25, -0.2) is 15.8 Å². The van der Waals surface area contributed by atoms with Crippen molar-refractivity contribution in [2.24, 2.45) is 5.84 Å². The molecule has 0 amide bonds. The molecular weight excluding hydrogens is 262 g/mol. The molecule has 21 heavy (non-hydrogen) atoms. The number of likely N-dealkylation sites (N-methyl/N-ethyl adjacent to an activating group) is 1. The first-order chi connectivity index (χ1) is 10.1. The summed E-state index contributed by atoms with van der Waals surface area (Å²) in [7, 11) is 2.04. The summed E-state index contributed by atoms with van der Waals surface area (Å²) in [6.07, 6.45) is 0.976. The summed E-state index contributed by atoms with van der Waals surface area (Å²) in [5.41, 5.74) is 3.93. The van der Waals surface area contributed by atoms with E-state index in [-0.39, 0.29) is 5.92 Å². The van der Waals surface area contributed by atoms with Crippen LogP contribution in [0.4, 0.5) is 11.6 Å². The van der Waals surface area contributed by atoms with E-state index in [9.17, 15) is 0 Å². The Morgan fingerprint density at radius 2 is 1.90 bits per heavy atom. The number of hydrogen-bond acceptors (Lipinski definition) is 5. The summed E-state index contributed by atoms with van der Waals surface area (Å²) < 4.78 is 0. The Kier molecular flexibility index (Phi) is 5.11. The minimum Gasteiger partial charge on any atom is -0.359 e. The van der Waals surface area contributed by atoms with Crippen molar-refractivity contribution in [3.63, 3.8) is 0 Å². The quantitative estimate of drug-likeness (QED) is 0.630. The Morgan fingerprint density at radius 3 is 2.52 bits per heavy atom. The highest BCUT2D eigenvalue weighted by atomic mass is 15.3. The molecule has 0 radical (unpaired) electrons. The Hall–Kier alpha value is -2.14. The third-order valence-corrected chi connectivity index (χ3v) is 3.36. The van der Waals surface area contributed by atoms with E-state index in [0.717, 1.165) is 24.6 Å². The molecular formula is C16H23N5. The maximum absolute atomic E-state index is 5.49. The number of hydrazine groups is 1. The van der Waals surface area contributed by atoms with Crippen molar-refractivity contribution >= 4 is 11.6 Å². The number of benzene rings is 1. The van der Waals surface area contributed by atoms with Crippen LogP contribution >= 0.6 is 0 Å². The van der Waals surface area contributed by atoms with E-state index in [1.807, 2.05) is 19.2 Å². The summed E-state index contributed by atoms with van der Waals surface area (Å²) in [4.78, 5) is 11.1. The maximum Gasteiger partial charge on any atom is 0.145 e. The van der Waals surface area contributed by atoms with Crippen LogP contribution in [0.25, 0.3) is 0 Å². The molecule has 0 saturated heterocycles. The second-order valence-electron chi connectivity index (χ2n) is 5.43. The highest BCUT2D eigenvalue weighted by Crippen LogP contribution is 2.19. The lowest BCUT2D eigenvalue weighted by atomic mass is 10.1. The van der Waals surface area contributed by atoms with Crippen molar-refractivity contribution in [3.05, 3.63) is 47.8 Å². The largest absolute Gasteiger partial charge is 0.359 e. The second-order valence-corrected chi connectivity index (χ2v) is 5.43. The lowest BCUT2D eigenvalue weighted by Crippen LogP contribution is -2.23. The molecule has 1 aromatic carbocycles. The SMILES string of the molecule is CC(C)c1nc(NN)cc(N(C)CCc2ccccc2)n1. The number of anilines is 2. The van der Waals surface area contributed by atoms with E-state index in [1.54, 1.807) is 0 Å². The van der Waals surface area contributed by atoms with Gasteiger partial charge in [-0.05, 0) is 12.0 Å². The topological polar surface area (TPSA) is 67.1 Å². The monoisotopic (exact) mass is 285 g/mol. The molecule has 2 rings (SSSR count). The zero-order valence-electron chi connectivity index (χ0n) is 12.9. The second kappa shape index (κ2) is 7.04. The van der Waals surface area contributed by atoms with Gasteiger partial charge in [0.15, 0.2) is 0 Å². The van der Waals surface area contributed by atoms with Crippen LogP contribution in [0.2, 0.25) is 0 Å². The lowest BCUT2D eigenvalue weighted by molar-refractivity contribution is 0.761. The van der Waals surface area contributed by atoms with Gasteiger partial charge in [-0.15, -0.1) is 0 Å². The summed E-state index contributed by atoms with van der Waals surface area (Å²) >= 11 is 0. The molecule has 0 aliphatic carbocycles. The molecule has 0 fully saturated rings. The number of nitrogens with two attached hydrogens (primary N) is 1. The van der Waals surface area contributed by atoms with Crippen LogP contribution in [-0.4, -0.2) is 23.6 Å². The molecule has 0 aliphatic heterocycles. The van der Waals surface area contributed by atoms with Gasteiger partial charge in [0.25, 0.3) is 0 Å². The van der Waals surface area contributed by atoms with Crippen LogP contribution in [0.3, 0.4) is 0 Å². The lowest BCUT2D eigenvalue weighted by Gasteiger charge is -2.20. The van der Waals surface area contributed by atoms with Gasteiger partial charge in [0.1, 0.15) is 17.5 Å². The highest BCUT2D eigenvalue weighted by molar-refractivity contribution is 5.48. The number of nitrogens with zero attached hydrogens (tertiary/aromatic N) is 3. The number of aromatic nitrogens is 2. The minimum absolute atomic E-state index is 0.263. The Labute approximate surface area is 126 Å². The Bertz CT molecular complexity index is 568. The highest BCUT2D eigenvalue weighted by Gasteiger charge is 2.10.